The average molecular weight is 263 g/mol. The fraction of sp³-hybridized carbons (Fsp3) is 0.500. The van der Waals surface area contributed by atoms with Crippen molar-refractivity contribution < 1.29 is 9.13 Å². The molecule has 1 aromatic carbocycles. The predicted octanol–water partition coefficient (Wildman–Crippen LogP) is 1.57. The van der Waals surface area contributed by atoms with E-state index < -0.39 is 5.72 Å². The third-order valence-electron chi connectivity index (χ3n) is 3.83. The Hall–Kier alpha value is -1.62. The van der Waals surface area contributed by atoms with Gasteiger partial charge in [0.1, 0.15) is 17.4 Å². The number of benzene rings is 1. The molecule has 0 atom stereocenters. The van der Waals surface area contributed by atoms with Gasteiger partial charge in [0.15, 0.2) is 0 Å². The van der Waals surface area contributed by atoms with Gasteiger partial charge in [0.2, 0.25) is 5.72 Å². The van der Waals surface area contributed by atoms with Crippen LogP contribution in [0.25, 0.3) is 0 Å². The van der Waals surface area contributed by atoms with Gasteiger partial charge < -0.3 is 15.8 Å². The van der Waals surface area contributed by atoms with Crippen molar-refractivity contribution in [2.24, 2.45) is 10.7 Å². The molecule has 0 unspecified atom stereocenters. The predicted molar refractivity (Wildman–Crippen MR) is 72.0 cm³/mol. The van der Waals surface area contributed by atoms with E-state index in [1.807, 2.05) is 13.0 Å². The molecule has 5 heteroatoms. The van der Waals surface area contributed by atoms with E-state index in [4.69, 9.17) is 10.5 Å². The van der Waals surface area contributed by atoms with Crippen molar-refractivity contribution in [3.05, 3.63) is 29.1 Å². The summed E-state index contributed by atoms with van der Waals surface area (Å²) in [6.45, 7) is 3.58. The lowest BCUT2D eigenvalue weighted by Gasteiger charge is -2.38. The minimum atomic E-state index is -0.609. The fourth-order valence-electron chi connectivity index (χ4n) is 2.73. The van der Waals surface area contributed by atoms with Crippen molar-refractivity contribution in [1.82, 2.24) is 5.32 Å². The van der Waals surface area contributed by atoms with Crippen LogP contribution in [0.5, 0.6) is 5.75 Å². The Morgan fingerprint density at radius 2 is 2.16 bits per heavy atom. The molecule has 2 aliphatic heterocycles. The molecular weight excluding hydrogens is 245 g/mol. The molecule has 0 radical (unpaired) electrons. The zero-order valence-corrected chi connectivity index (χ0v) is 11.0. The van der Waals surface area contributed by atoms with Crippen LogP contribution in [0.4, 0.5) is 4.39 Å². The Morgan fingerprint density at radius 1 is 1.42 bits per heavy atom. The first-order valence-electron chi connectivity index (χ1n) is 6.72. The standard InChI is InChI=1S/C14H18FN3O/c1-2-9-3-4-10-11(12(9)15)13(16)18-14(19-10)5-7-17-8-6-14/h3-4,17H,2,5-8H2,1H3,(H2,16,18). The molecule has 3 rings (SSSR count). The van der Waals surface area contributed by atoms with E-state index in [0.29, 0.717) is 23.3 Å². The quantitative estimate of drug-likeness (QED) is 0.808. The largest absolute Gasteiger partial charge is 0.465 e. The fourth-order valence-corrected chi connectivity index (χ4v) is 2.73. The highest BCUT2D eigenvalue weighted by atomic mass is 19.1. The van der Waals surface area contributed by atoms with Gasteiger partial charge in [0.25, 0.3) is 0 Å². The summed E-state index contributed by atoms with van der Waals surface area (Å²) in [7, 11) is 0. The average Bonchev–Trinajstić information content (AvgIpc) is 2.39. The number of nitrogens with zero attached hydrogens (tertiary/aromatic N) is 1. The number of fused-ring (bicyclic) bond motifs is 1. The summed E-state index contributed by atoms with van der Waals surface area (Å²) >= 11 is 0. The highest BCUT2D eigenvalue weighted by Crippen LogP contribution is 2.36. The SMILES string of the molecule is CCc1ccc2c(c1F)C(N)=NC1(CCNCC1)O2. The smallest absolute Gasteiger partial charge is 0.204 e. The van der Waals surface area contributed by atoms with Gasteiger partial charge in [-0.15, -0.1) is 0 Å². The molecule has 1 fully saturated rings. The van der Waals surface area contributed by atoms with Crippen molar-refractivity contribution in [1.29, 1.82) is 0 Å². The molecule has 0 saturated carbocycles. The molecule has 0 amide bonds. The third-order valence-corrected chi connectivity index (χ3v) is 3.83. The van der Waals surface area contributed by atoms with Crippen molar-refractivity contribution in [3.8, 4) is 5.75 Å². The van der Waals surface area contributed by atoms with Gasteiger partial charge in [-0.3, -0.25) is 0 Å². The molecule has 0 bridgehead atoms. The Morgan fingerprint density at radius 3 is 2.84 bits per heavy atom. The number of rotatable bonds is 1. The summed E-state index contributed by atoms with van der Waals surface area (Å²) in [5, 5.41) is 3.26. The first-order valence-corrected chi connectivity index (χ1v) is 6.72. The monoisotopic (exact) mass is 263 g/mol. The van der Waals surface area contributed by atoms with Crippen LogP contribution in [0.3, 0.4) is 0 Å². The molecule has 1 aromatic rings. The molecular formula is C14H18FN3O. The lowest BCUT2D eigenvalue weighted by molar-refractivity contribution is 0.0414. The van der Waals surface area contributed by atoms with E-state index in [2.05, 4.69) is 10.3 Å². The van der Waals surface area contributed by atoms with Crippen molar-refractivity contribution in [2.45, 2.75) is 31.9 Å². The van der Waals surface area contributed by atoms with E-state index in [1.165, 1.54) is 0 Å². The summed E-state index contributed by atoms with van der Waals surface area (Å²) in [5.41, 5.74) is 6.34. The Kier molecular flexibility index (Phi) is 2.93. The van der Waals surface area contributed by atoms with E-state index >= 15 is 0 Å². The molecule has 3 N–H and O–H groups in total. The van der Waals surface area contributed by atoms with E-state index in [0.717, 1.165) is 25.9 Å². The van der Waals surface area contributed by atoms with Gasteiger partial charge >= 0.3 is 0 Å². The number of hydrogen-bond acceptors (Lipinski definition) is 4. The van der Waals surface area contributed by atoms with Gasteiger partial charge in [-0.05, 0) is 18.1 Å². The summed E-state index contributed by atoms with van der Waals surface area (Å²) < 4.78 is 20.3. The summed E-state index contributed by atoms with van der Waals surface area (Å²) in [5.74, 6) is 0.477. The highest BCUT2D eigenvalue weighted by molar-refractivity contribution is 6.01. The van der Waals surface area contributed by atoms with Gasteiger partial charge in [-0.1, -0.05) is 13.0 Å². The first kappa shape index (κ1) is 12.4. The lowest BCUT2D eigenvalue weighted by atomic mass is 9.98. The number of hydrogen-bond donors (Lipinski definition) is 2. The first-order chi connectivity index (χ1) is 9.15. The Bertz CT molecular complexity index is 536. The number of halogens is 1. The summed E-state index contributed by atoms with van der Waals surface area (Å²) in [6.07, 6.45) is 2.13. The number of nitrogens with one attached hydrogen (secondary N) is 1. The van der Waals surface area contributed by atoms with E-state index in [1.54, 1.807) is 6.07 Å². The van der Waals surface area contributed by atoms with E-state index in [-0.39, 0.29) is 11.7 Å². The lowest BCUT2D eigenvalue weighted by Crippen LogP contribution is -2.48. The zero-order chi connectivity index (χ0) is 13.5. The second-order valence-corrected chi connectivity index (χ2v) is 5.06. The minimum Gasteiger partial charge on any atom is -0.465 e. The second kappa shape index (κ2) is 4.49. The molecule has 1 saturated heterocycles. The van der Waals surface area contributed by atoms with Crippen LogP contribution in [-0.2, 0) is 6.42 Å². The normalized spacial score (nSPS) is 20.6. The van der Waals surface area contributed by atoms with Gasteiger partial charge in [0.05, 0.1) is 5.56 Å². The molecule has 1 spiro atoms. The molecule has 0 aromatic heterocycles. The van der Waals surface area contributed by atoms with Gasteiger partial charge in [-0.25, -0.2) is 9.38 Å². The van der Waals surface area contributed by atoms with Gasteiger partial charge in [-0.2, -0.15) is 0 Å². The highest BCUT2D eigenvalue weighted by Gasteiger charge is 2.39. The zero-order valence-electron chi connectivity index (χ0n) is 11.0. The molecule has 2 aliphatic rings. The number of aliphatic imine (C=N–C) groups is 1. The summed E-state index contributed by atoms with van der Waals surface area (Å²) in [6, 6.07) is 3.57. The maximum atomic E-state index is 14.3. The van der Waals surface area contributed by atoms with Crippen LogP contribution in [0.1, 0.15) is 30.9 Å². The number of nitrogens with two attached hydrogens (primary N) is 1. The van der Waals surface area contributed by atoms with Crippen LogP contribution in [0.2, 0.25) is 0 Å². The third kappa shape index (κ3) is 1.98. The molecule has 0 aliphatic carbocycles. The maximum Gasteiger partial charge on any atom is 0.204 e. The second-order valence-electron chi connectivity index (χ2n) is 5.06. The molecule has 2 heterocycles. The van der Waals surface area contributed by atoms with Crippen molar-refractivity contribution in [2.75, 3.05) is 13.1 Å². The van der Waals surface area contributed by atoms with Crippen LogP contribution >= 0.6 is 0 Å². The van der Waals surface area contributed by atoms with Gasteiger partial charge in [0, 0.05) is 25.9 Å². The summed E-state index contributed by atoms with van der Waals surface area (Å²) in [4.78, 5) is 4.44. The molecule has 4 nitrogen and oxygen atoms in total. The number of aryl methyl sites for hydroxylation is 1. The van der Waals surface area contributed by atoms with E-state index in [9.17, 15) is 4.39 Å². The van der Waals surface area contributed by atoms with Crippen LogP contribution in [0.15, 0.2) is 17.1 Å². The minimum absolute atomic E-state index is 0.260. The van der Waals surface area contributed by atoms with Crippen LogP contribution < -0.4 is 15.8 Å². The van der Waals surface area contributed by atoms with Crippen LogP contribution in [-0.4, -0.2) is 24.7 Å². The number of ether oxygens (including phenoxy) is 1. The number of amidine groups is 1. The molecule has 102 valence electrons. The molecule has 19 heavy (non-hydrogen) atoms. The topological polar surface area (TPSA) is 59.6 Å². The Balaban J connectivity index is 2.06. The van der Waals surface area contributed by atoms with Crippen LogP contribution in [0, 0.1) is 5.82 Å². The van der Waals surface area contributed by atoms with Crippen molar-refractivity contribution in [3.63, 3.8) is 0 Å². The maximum absolute atomic E-state index is 14.3. The van der Waals surface area contributed by atoms with Crippen molar-refractivity contribution >= 4 is 5.84 Å². The Labute approximate surface area is 111 Å². The number of piperidine rings is 1.